The molecule has 0 saturated heterocycles. The van der Waals surface area contributed by atoms with Gasteiger partial charge in [-0.1, -0.05) is 29.8 Å². The zero-order valence-electron chi connectivity index (χ0n) is 17.8. The summed E-state index contributed by atoms with van der Waals surface area (Å²) in [4.78, 5) is 34.5. The summed E-state index contributed by atoms with van der Waals surface area (Å²) in [6.07, 6.45) is 0. The average Bonchev–Trinajstić information content (AvgIpc) is 3.05. The summed E-state index contributed by atoms with van der Waals surface area (Å²) < 4.78 is 11.8. The van der Waals surface area contributed by atoms with E-state index in [0.29, 0.717) is 11.4 Å². The molecular weight excluding hydrogens is 416 g/mol. The van der Waals surface area contributed by atoms with Crippen LogP contribution in [0.4, 0.5) is 11.4 Å². The molecule has 0 atom stereocenters. The second-order valence-corrected chi connectivity index (χ2v) is 7.02. The topological polar surface area (TPSA) is 126 Å². The predicted octanol–water partition coefficient (Wildman–Crippen LogP) is 3.27. The number of aryl methyl sites for hydroxylation is 2. The number of esters is 1. The van der Waals surface area contributed by atoms with E-state index in [-0.39, 0.29) is 11.4 Å². The van der Waals surface area contributed by atoms with Gasteiger partial charge < -0.3 is 14.8 Å². The number of nitrogens with one attached hydrogen (secondary N) is 1. The number of carbonyl (C=O) groups is 2. The molecule has 1 heterocycles. The molecule has 10 heteroatoms. The summed E-state index contributed by atoms with van der Waals surface area (Å²) in [5, 5.41) is 18.1. The third-order valence-corrected chi connectivity index (χ3v) is 4.61. The molecule has 166 valence electrons. The van der Waals surface area contributed by atoms with Crippen LogP contribution in [0.1, 0.15) is 17.0 Å². The molecule has 0 unspecified atom stereocenters. The van der Waals surface area contributed by atoms with Crippen LogP contribution in [0.2, 0.25) is 0 Å². The fourth-order valence-electron chi connectivity index (χ4n) is 2.99. The maximum absolute atomic E-state index is 12.3. The first-order chi connectivity index (χ1) is 15.3. The number of carbonyl (C=O) groups excluding carboxylic acids is 2. The van der Waals surface area contributed by atoms with Gasteiger partial charge >= 0.3 is 11.7 Å². The Balaban J connectivity index is 1.56. The third kappa shape index (κ3) is 5.28. The molecule has 0 bridgehead atoms. The van der Waals surface area contributed by atoms with E-state index in [9.17, 15) is 19.7 Å². The molecule has 1 amide bonds. The van der Waals surface area contributed by atoms with E-state index < -0.39 is 30.0 Å². The van der Waals surface area contributed by atoms with Crippen LogP contribution in [0.15, 0.2) is 48.5 Å². The van der Waals surface area contributed by atoms with Crippen molar-refractivity contribution in [3.8, 4) is 11.4 Å². The highest BCUT2D eigenvalue weighted by Crippen LogP contribution is 2.26. The predicted molar refractivity (Wildman–Crippen MR) is 116 cm³/mol. The van der Waals surface area contributed by atoms with Crippen LogP contribution in [-0.2, 0) is 14.3 Å². The highest BCUT2D eigenvalue weighted by molar-refractivity contribution is 5.94. The van der Waals surface area contributed by atoms with Crippen molar-refractivity contribution in [1.29, 1.82) is 0 Å². The lowest BCUT2D eigenvalue weighted by atomic mass is 10.2. The van der Waals surface area contributed by atoms with Gasteiger partial charge in [0.2, 0.25) is 0 Å². The monoisotopic (exact) mass is 438 g/mol. The molecule has 0 fully saturated rings. The average molecular weight is 438 g/mol. The van der Waals surface area contributed by atoms with Crippen LogP contribution in [0.5, 0.6) is 5.75 Å². The van der Waals surface area contributed by atoms with E-state index in [2.05, 4.69) is 10.4 Å². The smallest absolute Gasteiger partial charge is 0.344 e. The van der Waals surface area contributed by atoms with E-state index in [0.717, 1.165) is 16.9 Å². The number of nitrogens with zero attached hydrogens (tertiary/aromatic N) is 3. The van der Waals surface area contributed by atoms with Gasteiger partial charge in [-0.05, 0) is 39.0 Å². The van der Waals surface area contributed by atoms with Gasteiger partial charge in [0.15, 0.2) is 19.0 Å². The van der Waals surface area contributed by atoms with Gasteiger partial charge in [0.25, 0.3) is 5.91 Å². The molecule has 10 nitrogen and oxygen atoms in total. The van der Waals surface area contributed by atoms with Crippen molar-refractivity contribution in [3.05, 3.63) is 75.6 Å². The summed E-state index contributed by atoms with van der Waals surface area (Å²) >= 11 is 0. The van der Waals surface area contributed by atoms with E-state index >= 15 is 0 Å². The molecule has 1 N–H and O–H groups in total. The van der Waals surface area contributed by atoms with Gasteiger partial charge in [-0.3, -0.25) is 14.9 Å². The van der Waals surface area contributed by atoms with Crippen molar-refractivity contribution in [2.45, 2.75) is 20.8 Å². The Kier molecular flexibility index (Phi) is 6.83. The van der Waals surface area contributed by atoms with Gasteiger partial charge in [-0.15, -0.1) is 0 Å². The number of para-hydroxylation sites is 2. The fraction of sp³-hybridized carbons (Fsp3) is 0.227. The largest absolute Gasteiger partial charge is 0.475 e. The lowest BCUT2D eigenvalue weighted by Gasteiger charge is -2.09. The number of hydrogen-bond acceptors (Lipinski definition) is 7. The van der Waals surface area contributed by atoms with Crippen LogP contribution in [-0.4, -0.2) is 39.8 Å². The fourth-order valence-corrected chi connectivity index (χ4v) is 2.99. The number of aromatic nitrogens is 2. The number of benzene rings is 2. The quantitative estimate of drug-likeness (QED) is 0.325. The highest BCUT2D eigenvalue weighted by Gasteiger charge is 2.18. The Morgan fingerprint density at radius 3 is 2.44 bits per heavy atom. The molecule has 3 aromatic rings. The first-order valence-electron chi connectivity index (χ1n) is 9.71. The lowest BCUT2D eigenvalue weighted by Crippen LogP contribution is -2.24. The first-order valence-corrected chi connectivity index (χ1v) is 9.71. The molecule has 0 spiro atoms. The first kappa shape index (κ1) is 22.5. The Labute approximate surface area is 183 Å². The lowest BCUT2D eigenvalue weighted by molar-refractivity contribution is -0.385. The molecular formula is C22H22N4O6. The van der Waals surface area contributed by atoms with Gasteiger partial charge in [-0.2, -0.15) is 5.10 Å². The molecule has 3 rings (SSSR count). The van der Waals surface area contributed by atoms with E-state index in [1.54, 1.807) is 17.7 Å². The Morgan fingerprint density at radius 2 is 1.75 bits per heavy atom. The second kappa shape index (κ2) is 9.73. The van der Waals surface area contributed by atoms with Crippen LogP contribution < -0.4 is 10.1 Å². The Bertz CT molecular complexity index is 1150. The standard InChI is InChI=1S/C22H22N4O6/c1-14-8-10-17(11-9-14)25-16(3)22(15(2)24-25)23-20(27)12-32-21(28)13-31-19-7-5-4-6-18(19)26(29)30/h4-11H,12-13H2,1-3H3,(H,23,27). The van der Waals surface area contributed by atoms with Crippen molar-refractivity contribution in [1.82, 2.24) is 9.78 Å². The van der Waals surface area contributed by atoms with Gasteiger partial charge in [0.1, 0.15) is 0 Å². The highest BCUT2D eigenvalue weighted by atomic mass is 16.6. The maximum atomic E-state index is 12.3. The maximum Gasteiger partial charge on any atom is 0.344 e. The van der Waals surface area contributed by atoms with Gasteiger partial charge in [-0.25, -0.2) is 9.48 Å². The van der Waals surface area contributed by atoms with Crippen LogP contribution in [0.3, 0.4) is 0 Å². The molecule has 0 saturated carbocycles. The summed E-state index contributed by atoms with van der Waals surface area (Å²) in [5.41, 5.74) is 3.58. The van der Waals surface area contributed by atoms with Crippen molar-refractivity contribution in [2.75, 3.05) is 18.5 Å². The minimum Gasteiger partial charge on any atom is -0.475 e. The van der Waals surface area contributed by atoms with Crippen molar-refractivity contribution >= 4 is 23.3 Å². The summed E-state index contributed by atoms with van der Waals surface area (Å²) in [6, 6.07) is 13.5. The summed E-state index contributed by atoms with van der Waals surface area (Å²) in [5.74, 6) is -1.44. The number of anilines is 1. The summed E-state index contributed by atoms with van der Waals surface area (Å²) in [6.45, 7) is 4.47. The van der Waals surface area contributed by atoms with E-state index in [1.807, 2.05) is 38.1 Å². The molecule has 1 aromatic heterocycles. The molecule has 0 aliphatic carbocycles. The van der Waals surface area contributed by atoms with Crippen LogP contribution in [0, 0.1) is 30.9 Å². The normalized spacial score (nSPS) is 10.5. The Hall–Kier alpha value is -4.21. The van der Waals surface area contributed by atoms with E-state index in [4.69, 9.17) is 9.47 Å². The number of amides is 1. The molecule has 0 radical (unpaired) electrons. The Morgan fingerprint density at radius 1 is 1.06 bits per heavy atom. The third-order valence-electron chi connectivity index (χ3n) is 4.61. The molecule has 32 heavy (non-hydrogen) atoms. The van der Waals surface area contributed by atoms with Crippen LogP contribution in [0.25, 0.3) is 5.69 Å². The van der Waals surface area contributed by atoms with Crippen molar-refractivity contribution < 1.29 is 24.0 Å². The molecule has 0 aliphatic heterocycles. The molecule has 0 aliphatic rings. The van der Waals surface area contributed by atoms with Crippen LogP contribution >= 0.6 is 0 Å². The second-order valence-electron chi connectivity index (χ2n) is 7.02. The zero-order valence-corrected chi connectivity index (χ0v) is 17.8. The number of nitro groups is 1. The van der Waals surface area contributed by atoms with Crippen molar-refractivity contribution in [3.63, 3.8) is 0 Å². The van der Waals surface area contributed by atoms with Crippen molar-refractivity contribution in [2.24, 2.45) is 0 Å². The number of ether oxygens (including phenoxy) is 2. The number of hydrogen-bond donors (Lipinski definition) is 1. The SMILES string of the molecule is Cc1ccc(-n2nc(C)c(NC(=O)COC(=O)COc3ccccc3[N+](=O)[O-])c2C)cc1. The number of rotatable bonds is 8. The molecule has 2 aromatic carbocycles. The minimum atomic E-state index is -0.831. The number of nitro benzene ring substituents is 1. The van der Waals surface area contributed by atoms with E-state index in [1.165, 1.54) is 18.2 Å². The van der Waals surface area contributed by atoms with Gasteiger partial charge in [0.05, 0.1) is 27.7 Å². The summed E-state index contributed by atoms with van der Waals surface area (Å²) in [7, 11) is 0. The van der Waals surface area contributed by atoms with Gasteiger partial charge in [0, 0.05) is 6.07 Å². The minimum absolute atomic E-state index is 0.0614. The zero-order chi connectivity index (χ0) is 23.3.